The number of rotatable bonds is 4. The van der Waals surface area contributed by atoms with Gasteiger partial charge in [0.2, 0.25) is 0 Å². The molecule has 0 aliphatic heterocycles. The zero-order valence-electron chi connectivity index (χ0n) is 7.17. The minimum absolute atomic E-state index is 0.156. The lowest BCUT2D eigenvalue weighted by molar-refractivity contribution is 0.241. The highest BCUT2D eigenvalue weighted by molar-refractivity contribution is 5.77. The third-order valence-corrected chi connectivity index (χ3v) is 1.24. The molecule has 0 saturated heterocycles. The molecule has 0 radical (unpaired) electrons. The summed E-state index contributed by atoms with van der Waals surface area (Å²) in [5, 5.41) is 11.5. The van der Waals surface area contributed by atoms with E-state index in [1.165, 1.54) is 0 Å². The van der Waals surface area contributed by atoms with Crippen LogP contribution in [0.1, 0.15) is 13.8 Å². The molecular weight excluding hydrogens is 142 g/mol. The monoisotopic (exact) mass is 159 g/mol. The summed E-state index contributed by atoms with van der Waals surface area (Å²) in [5.74, 6) is 0.639. The molecule has 4 nitrogen and oxygen atoms in total. The second-order valence-electron chi connectivity index (χ2n) is 2.54. The van der Waals surface area contributed by atoms with Crippen LogP contribution in [0.3, 0.4) is 0 Å². The molecule has 0 fully saturated rings. The summed E-state index contributed by atoms with van der Waals surface area (Å²) in [6.45, 7) is 5.39. The molecule has 4 heteroatoms. The second-order valence-corrected chi connectivity index (χ2v) is 2.54. The fourth-order valence-corrected chi connectivity index (χ4v) is 0.549. The van der Waals surface area contributed by atoms with Crippen molar-refractivity contribution in [2.75, 3.05) is 19.7 Å². The van der Waals surface area contributed by atoms with Crippen molar-refractivity contribution in [1.29, 1.82) is 0 Å². The van der Waals surface area contributed by atoms with E-state index in [9.17, 15) is 0 Å². The highest BCUT2D eigenvalue weighted by Gasteiger charge is 1.97. The number of nitrogens with zero attached hydrogens (tertiary/aromatic N) is 1. The van der Waals surface area contributed by atoms with Crippen LogP contribution in [0.15, 0.2) is 4.99 Å². The molecule has 66 valence electrons. The number of aliphatic hydroxyl groups excluding tert-OH is 1. The van der Waals surface area contributed by atoms with E-state index in [0.29, 0.717) is 12.5 Å². The molecule has 0 spiro atoms. The average molecular weight is 159 g/mol. The van der Waals surface area contributed by atoms with Gasteiger partial charge in [0.1, 0.15) is 0 Å². The summed E-state index contributed by atoms with van der Waals surface area (Å²) in [6, 6.07) is 0. The van der Waals surface area contributed by atoms with Crippen molar-refractivity contribution in [2.24, 2.45) is 16.6 Å². The standard InChI is InChI=1S/C7H17N3O/c1-3-9-7(8)10-4-6(2)5-11/h6,11H,3-5H2,1-2H3,(H3,8,9,10). The van der Waals surface area contributed by atoms with E-state index in [0.717, 1.165) is 6.54 Å². The maximum Gasteiger partial charge on any atom is 0.188 e. The van der Waals surface area contributed by atoms with E-state index in [1.807, 2.05) is 13.8 Å². The molecule has 0 amide bonds. The molecule has 1 atom stereocenters. The normalized spacial score (nSPS) is 14.6. The van der Waals surface area contributed by atoms with E-state index < -0.39 is 0 Å². The van der Waals surface area contributed by atoms with Gasteiger partial charge in [-0.3, -0.25) is 4.99 Å². The van der Waals surface area contributed by atoms with Crippen LogP contribution < -0.4 is 11.1 Å². The molecule has 0 rings (SSSR count). The van der Waals surface area contributed by atoms with Gasteiger partial charge in [-0.05, 0) is 12.8 Å². The van der Waals surface area contributed by atoms with Gasteiger partial charge in [-0.1, -0.05) is 6.92 Å². The van der Waals surface area contributed by atoms with Gasteiger partial charge in [0, 0.05) is 19.7 Å². The lowest BCUT2D eigenvalue weighted by Gasteiger charge is -2.04. The van der Waals surface area contributed by atoms with Crippen LogP contribution in [-0.2, 0) is 0 Å². The molecule has 0 aliphatic rings. The summed E-state index contributed by atoms with van der Waals surface area (Å²) in [4.78, 5) is 4.01. The summed E-state index contributed by atoms with van der Waals surface area (Å²) in [7, 11) is 0. The first-order valence-electron chi connectivity index (χ1n) is 3.85. The maximum absolute atomic E-state index is 8.65. The van der Waals surface area contributed by atoms with Crippen molar-refractivity contribution in [1.82, 2.24) is 5.32 Å². The van der Waals surface area contributed by atoms with Gasteiger partial charge in [-0.25, -0.2) is 0 Å². The Balaban J connectivity index is 3.54. The van der Waals surface area contributed by atoms with E-state index in [-0.39, 0.29) is 12.5 Å². The molecule has 11 heavy (non-hydrogen) atoms. The summed E-state index contributed by atoms with van der Waals surface area (Å²) < 4.78 is 0. The van der Waals surface area contributed by atoms with Crippen LogP contribution >= 0.6 is 0 Å². The number of aliphatic imine (C=N–C) groups is 1. The Bertz CT molecular complexity index is 125. The number of nitrogens with one attached hydrogen (secondary N) is 1. The fourth-order valence-electron chi connectivity index (χ4n) is 0.549. The molecular formula is C7H17N3O. The lowest BCUT2D eigenvalue weighted by atomic mass is 10.2. The third-order valence-electron chi connectivity index (χ3n) is 1.24. The van der Waals surface area contributed by atoms with Crippen molar-refractivity contribution in [3.05, 3.63) is 0 Å². The van der Waals surface area contributed by atoms with Crippen LogP contribution in [0.2, 0.25) is 0 Å². The van der Waals surface area contributed by atoms with Gasteiger partial charge in [0.05, 0.1) is 0 Å². The number of guanidine groups is 1. The highest BCUT2D eigenvalue weighted by atomic mass is 16.3. The number of hydrogen-bond donors (Lipinski definition) is 3. The Morgan fingerprint density at radius 2 is 2.36 bits per heavy atom. The van der Waals surface area contributed by atoms with Crippen LogP contribution in [0, 0.1) is 5.92 Å². The topological polar surface area (TPSA) is 70.6 Å². The quantitative estimate of drug-likeness (QED) is 0.384. The Kier molecular flexibility index (Phi) is 5.56. The summed E-state index contributed by atoms with van der Waals surface area (Å²) in [5.41, 5.74) is 5.44. The molecule has 0 bridgehead atoms. The minimum Gasteiger partial charge on any atom is -0.396 e. The number of aliphatic hydroxyl groups is 1. The first kappa shape index (κ1) is 10.2. The van der Waals surface area contributed by atoms with Gasteiger partial charge in [0.15, 0.2) is 5.96 Å². The maximum atomic E-state index is 8.65. The predicted molar refractivity (Wildman–Crippen MR) is 46.4 cm³/mol. The van der Waals surface area contributed by atoms with Crippen LogP contribution in [0.25, 0.3) is 0 Å². The average Bonchev–Trinajstić information content (AvgIpc) is 2.01. The third kappa shape index (κ3) is 5.66. The van der Waals surface area contributed by atoms with Gasteiger partial charge >= 0.3 is 0 Å². The van der Waals surface area contributed by atoms with Crippen molar-refractivity contribution < 1.29 is 5.11 Å². The molecule has 0 saturated carbocycles. The van der Waals surface area contributed by atoms with E-state index in [2.05, 4.69) is 10.3 Å². The van der Waals surface area contributed by atoms with Crippen LogP contribution in [0.4, 0.5) is 0 Å². The van der Waals surface area contributed by atoms with Gasteiger partial charge in [-0.2, -0.15) is 0 Å². The fraction of sp³-hybridized carbons (Fsp3) is 0.857. The predicted octanol–water partition coefficient (Wildman–Crippen LogP) is -0.461. The summed E-state index contributed by atoms with van der Waals surface area (Å²) >= 11 is 0. The van der Waals surface area contributed by atoms with E-state index in [4.69, 9.17) is 10.8 Å². The van der Waals surface area contributed by atoms with Crippen molar-refractivity contribution in [3.63, 3.8) is 0 Å². The Morgan fingerprint density at radius 1 is 1.73 bits per heavy atom. The molecule has 0 aliphatic carbocycles. The smallest absolute Gasteiger partial charge is 0.188 e. The van der Waals surface area contributed by atoms with Crippen molar-refractivity contribution >= 4 is 5.96 Å². The first-order valence-corrected chi connectivity index (χ1v) is 3.85. The van der Waals surface area contributed by atoms with Gasteiger partial charge in [0.25, 0.3) is 0 Å². The largest absolute Gasteiger partial charge is 0.396 e. The second kappa shape index (κ2) is 5.97. The molecule has 0 heterocycles. The molecule has 1 unspecified atom stereocenters. The van der Waals surface area contributed by atoms with E-state index >= 15 is 0 Å². The van der Waals surface area contributed by atoms with E-state index in [1.54, 1.807) is 0 Å². The highest BCUT2D eigenvalue weighted by Crippen LogP contribution is 1.91. The summed E-state index contributed by atoms with van der Waals surface area (Å²) in [6.07, 6.45) is 0. The van der Waals surface area contributed by atoms with Crippen molar-refractivity contribution in [2.45, 2.75) is 13.8 Å². The number of nitrogens with two attached hydrogens (primary N) is 1. The number of hydrogen-bond acceptors (Lipinski definition) is 2. The molecule has 0 aromatic heterocycles. The Hall–Kier alpha value is -0.770. The zero-order valence-corrected chi connectivity index (χ0v) is 7.17. The lowest BCUT2D eigenvalue weighted by Crippen LogP contribution is -2.31. The first-order chi connectivity index (χ1) is 5.20. The SMILES string of the molecule is CCNC(N)=NCC(C)CO. The van der Waals surface area contributed by atoms with Crippen LogP contribution in [-0.4, -0.2) is 30.8 Å². The Morgan fingerprint density at radius 3 is 2.82 bits per heavy atom. The van der Waals surface area contributed by atoms with Gasteiger partial charge < -0.3 is 16.2 Å². The van der Waals surface area contributed by atoms with Crippen molar-refractivity contribution in [3.8, 4) is 0 Å². The minimum atomic E-state index is 0.156. The van der Waals surface area contributed by atoms with Crippen LogP contribution in [0.5, 0.6) is 0 Å². The molecule has 4 N–H and O–H groups in total. The van der Waals surface area contributed by atoms with Gasteiger partial charge in [-0.15, -0.1) is 0 Å². The molecule has 0 aromatic carbocycles. The Labute approximate surface area is 67.5 Å². The zero-order chi connectivity index (χ0) is 8.69. The molecule has 0 aromatic rings.